The Morgan fingerprint density at radius 1 is 0.839 bits per heavy atom. The summed E-state index contributed by atoms with van der Waals surface area (Å²) in [4.78, 5) is 0. The van der Waals surface area contributed by atoms with Gasteiger partial charge in [0.2, 0.25) is 0 Å². The Balaban J connectivity index is 1.62. The van der Waals surface area contributed by atoms with E-state index in [9.17, 15) is 0 Å². The molecule has 0 aliphatic carbocycles. The summed E-state index contributed by atoms with van der Waals surface area (Å²) in [5.41, 5.74) is 2.99. The van der Waals surface area contributed by atoms with E-state index in [-0.39, 0.29) is 6.61 Å². The van der Waals surface area contributed by atoms with E-state index in [1.165, 1.54) is 5.56 Å². The predicted octanol–water partition coefficient (Wildman–Crippen LogP) is 6.68. The molecule has 0 unspecified atom stereocenters. The highest BCUT2D eigenvalue weighted by molar-refractivity contribution is 9.10. The van der Waals surface area contributed by atoms with E-state index in [2.05, 4.69) is 27.3 Å². The number of hydrogen-bond donors (Lipinski definition) is 1. The van der Waals surface area contributed by atoms with Gasteiger partial charge < -0.3 is 19.5 Å². The molecule has 0 spiro atoms. The van der Waals surface area contributed by atoms with Crippen molar-refractivity contribution in [2.75, 3.05) is 20.8 Å². The average molecular weight is 525 g/mol. The molecule has 3 aromatic carbocycles. The second-order valence-electron chi connectivity index (χ2n) is 6.82. The molecule has 7 heteroatoms. The summed E-state index contributed by atoms with van der Waals surface area (Å²) < 4.78 is 17.8. The van der Waals surface area contributed by atoms with Crippen LogP contribution in [0, 0.1) is 0 Å². The number of nitrogens with one attached hydrogen (secondary N) is 1. The van der Waals surface area contributed by atoms with Gasteiger partial charge in [0.15, 0.2) is 11.5 Å². The second-order valence-corrected chi connectivity index (χ2v) is 8.49. The first-order valence-electron chi connectivity index (χ1n) is 9.78. The lowest BCUT2D eigenvalue weighted by atomic mass is 10.1. The van der Waals surface area contributed by atoms with Crippen molar-refractivity contribution in [2.24, 2.45) is 0 Å². The molecule has 0 amide bonds. The Kier molecular flexibility index (Phi) is 8.90. The maximum atomic E-state index is 6.24. The van der Waals surface area contributed by atoms with E-state index in [4.69, 9.17) is 37.4 Å². The van der Waals surface area contributed by atoms with E-state index in [1.54, 1.807) is 32.4 Å². The van der Waals surface area contributed by atoms with Crippen molar-refractivity contribution in [3.05, 3.63) is 85.8 Å². The van der Waals surface area contributed by atoms with Crippen molar-refractivity contribution < 1.29 is 14.2 Å². The molecular formula is C24H24BrCl2NO3. The summed E-state index contributed by atoms with van der Waals surface area (Å²) in [5, 5.41) is 4.61. The quantitative estimate of drug-likeness (QED) is 0.300. The molecule has 0 aliphatic heterocycles. The van der Waals surface area contributed by atoms with Gasteiger partial charge in [0.25, 0.3) is 0 Å². The molecule has 164 valence electrons. The van der Waals surface area contributed by atoms with Crippen LogP contribution in [0.4, 0.5) is 0 Å². The lowest BCUT2D eigenvalue weighted by molar-refractivity contribution is 0.284. The lowest BCUT2D eigenvalue weighted by Gasteiger charge is -2.15. The summed E-state index contributed by atoms with van der Waals surface area (Å²) in [6.45, 7) is 1.75. The van der Waals surface area contributed by atoms with E-state index in [0.717, 1.165) is 34.3 Å². The van der Waals surface area contributed by atoms with Gasteiger partial charge in [-0.2, -0.15) is 0 Å². The fraction of sp³-hybridized carbons (Fsp3) is 0.250. The molecule has 0 fully saturated rings. The molecule has 3 rings (SSSR count). The molecule has 31 heavy (non-hydrogen) atoms. The number of ether oxygens (including phenoxy) is 3. The highest BCUT2D eigenvalue weighted by Crippen LogP contribution is 2.35. The van der Waals surface area contributed by atoms with Crippen molar-refractivity contribution in [3.8, 4) is 17.2 Å². The molecule has 0 bridgehead atoms. The first kappa shape index (κ1) is 23.7. The van der Waals surface area contributed by atoms with Crippen LogP contribution in [0.2, 0.25) is 10.0 Å². The van der Waals surface area contributed by atoms with Crippen LogP contribution in [0.3, 0.4) is 0 Å². The van der Waals surface area contributed by atoms with Gasteiger partial charge in [-0.1, -0.05) is 63.4 Å². The van der Waals surface area contributed by atoms with Gasteiger partial charge >= 0.3 is 0 Å². The van der Waals surface area contributed by atoms with Crippen LogP contribution in [0.25, 0.3) is 0 Å². The van der Waals surface area contributed by atoms with Crippen LogP contribution in [0.15, 0.2) is 59.1 Å². The molecule has 0 atom stereocenters. The molecule has 0 saturated carbocycles. The maximum absolute atomic E-state index is 6.24. The zero-order valence-corrected chi connectivity index (χ0v) is 20.5. The van der Waals surface area contributed by atoms with Crippen molar-refractivity contribution in [1.82, 2.24) is 5.32 Å². The summed E-state index contributed by atoms with van der Waals surface area (Å²) in [6, 6.07) is 17.3. The first-order chi connectivity index (χ1) is 15.0. The third kappa shape index (κ3) is 6.30. The molecule has 3 aromatic rings. The monoisotopic (exact) mass is 523 g/mol. The smallest absolute Gasteiger partial charge is 0.162 e. The lowest BCUT2D eigenvalue weighted by Crippen LogP contribution is -2.17. The van der Waals surface area contributed by atoms with Gasteiger partial charge in [-0.3, -0.25) is 0 Å². The molecule has 0 saturated heterocycles. The van der Waals surface area contributed by atoms with E-state index in [0.29, 0.717) is 28.1 Å². The first-order valence-corrected chi connectivity index (χ1v) is 11.3. The molecule has 1 N–H and O–H groups in total. The van der Waals surface area contributed by atoms with Crippen LogP contribution in [0.1, 0.15) is 16.7 Å². The number of methoxy groups -OCH3 is 2. The van der Waals surface area contributed by atoms with Crippen molar-refractivity contribution in [1.29, 1.82) is 0 Å². The Bertz CT molecular complexity index is 1010. The topological polar surface area (TPSA) is 39.7 Å². The summed E-state index contributed by atoms with van der Waals surface area (Å²) >= 11 is 16.1. The van der Waals surface area contributed by atoms with Gasteiger partial charge in [0.05, 0.1) is 14.2 Å². The van der Waals surface area contributed by atoms with Gasteiger partial charge in [0, 0.05) is 26.6 Å². The molecule has 0 aliphatic rings. The summed E-state index contributed by atoms with van der Waals surface area (Å²) in [7, 11) is 3.32. The number of hydrogen-bond acceptors (Lipinski definition) is 4. The normalized spacial score (nSPS) is 10.7. The third-order valence-electron chi connectivity index (χ3n) is 4.85. The fourth-order valence-electron chi connectivity index (χ4n) is 3.16. The van der Waals surface area contributed by atoms with Crippen molar-refractivity contribution in [3.63, 3.8) is 0 Å². The molecular weight excluding hydrogens is 501 g/mol. The maximum Gasteiger partial charge on any atom is 0.162 e. The number of para-hydroxylation sites is 1. The number of rotatable bonds is 10. The Morgan fingerprint density at radius 2 is 1.55 bits per heavy atom. The third-order valence-corrected chi connectivity index (χ3v) is 6.29. The fourth-order valence-corrected chi connectivity index (χ4v) is 4.13. The molecule has 0 aromatic heterocycles. The van der Waals surface area contributed by atoms with Crippen molar-refractivity contribution in [2.45, 2.75) is 19.6 Å². The van der Waals surface area contributed by atoms with Crippen molar-refractivity contribution >= 4 is 39.1 Å². The van der Waals surface area contributed by atoms with E-state index >= 15 is 0 Å². The standard InChI is InChI=1S/C24H24BrCl2NO3/c1-29-22-9-4-3-6-16(22)10-11-28-14-17-12-23(30-2)24(13-19(17)25)31-15-18-20(26)7-5-8-21(18)27/h3-9,12-13,28H,10-11,14-15H2,1-2H3. The van der Waals surface area contributed by atoms with Crippen LogP contribution >= 0.6 is 39.1 Å². The van der Waals surface area contributed by atoms with Gasteiger partial charge in [-0.25, -0.2) is 0 Å². The largest absolute Gasteiger partial charge is 0.496 e. The summed E-state index contributed by atoms with van der Waals surface area (Å²) in [5.74, 6) is 2.17. The Labute approximate surface area is 201 Å². The van der Waals surface area contributed by atoms with Crippen LogP contribution < -0.4 is 19.5 Å². The Hall–Kier alpha value is -1.92. The van der Waals surface area contributed by atoms with Crippen LogP contribution in [-0.2, 0) is 19.6 Å². The second kappa shape index (κ2) is 11.6. The van der Waals surface area contributed by atoms with Crippen LogP contribution in [0.5, 0.6) is 17.2 Å². The minimum atomic E-state index is 0.248. The minimum absolute atomic E-state index is 0.248. The number of benzene rings is 3. The zero-order valence-electron chi connectivity index (χ0n) is 17.4. The molecule has 0 radical (unpaired) electrons. The average Bonchev–Trinajstić information content (AvgIpc) is 2.77. The molecule has 0 heterocycles. The number of halogens is 3. The van der Waals surface area contributed by atoms with E-state index in [1.807, 2.05) is 30.3 Å². The highest BCUT2D eigenvalue weighted by atomic mass is 79.9. The Morgan fingerprint density at radius 3 is 2.26 bits per heavy atom. The van der Waals surface area contributed by atoms with Crippen LogP contribution in [-0.4, -0.2) is 20.8 Å². The molecule has 4 nitrogen and oxygen atoms in total. The minimum Gasteiger partial charge on any atom is -0.496 e. The summed E-state index contributed by atoms with van der Waals surface area (Å²) in [6.07, 6.45) is 0.874. The predicted molar refractivity (Wildman–Crippen MR) is 130 cm³/mol. The zero-order chi connectivity index (χ0) is 22.2. The highest BCUT2D eigenvalue weighted by Gasteiger charge is 2.13. The van der Waals surface area contributed by atoms with Gasteiger partial charge in [0.1, 0.15) is 12.4 Å². The van der Waals surface area contributed by atoms with E-state index < -0.39 is 0 Å². The SMILES string of the molecule is COc1ccccc1CCNCc1cc(OC)c(OCc2c(Cl)cccc2Cl)cc1Br. The van der Waals surface area contributed by atoms with Gasteiger partial charge in [-0.15, -0.1) is 0 Å². The van der Waals surface area contributed by atoms with Gasteiger partial charge in [-0.05, 0) is 54.4 Å².